The second kappa shape index (κ2) is 10.8. The van der Waals surface area contributed by atoms with Crippen molar-refractivity contribution in [2.45, 2.75) is 37.6 Å². The number of nitrogens with one attached hydrogen (secondary N) is 2. The van der Waals surface area contributed by atoms with E-state index in [1.54, 1.807) is 42.5 Å². The fourth-order valence-electron chi connectivity index (χ4n) is 3.98. The van der Waals surface area contributed by atoms with Crippen molar-refractivity contribution >= 4 is 11.8 Å². The van der Waals surface area contributed by atoms with Crippen LogP contribution in [0.4, 0.5) is 0 Å². The monoisotopic (exact) mass is 476 g/mol. The molecule has 5 atom stereocenters. The van der Waals surface area contributed by atoms with Crippen LogP contribution in [0, 0.1) is 6.92 Å². The fraction of sp³-hybridized carbons (Fsp3) is 0.259. The number of ether oxygens (including phenoxy) is 1. The van der Waals surface area contributed by atoms with E-state index in [1.807, 2.05) is 43.3 Å². The number of aliphatic hydroxyl groups is 3. The highest BCUT2D eigenvalue weighted by atomic mass is 16.6. The molecule has 1 saturated heterocycles. The quantitative estimate of drug-likeness (QED) is 0.368. The first kappa shape index (κ1) is 24.6. The molecule has 182 valence electrons. The van der Waals surface area contributed by atoms with Crippen molar-refractivity contribution in [2.24, 2.45) is 0 Å². The molecule has 35 heavy (non-hydrogen) atoms. The maximum absolute atomic E-state index is 12.8. The molecule has 0 aromatic heterocycles. The van der Waals surface area contributed by atoms with E-state index in [0.29, 0.717) is 11.1 Å². The van der Waals surface area contributed by atoms with Crippen LogP contribution in [0.2, 0.25) is 0 Å². The molecule has 8 heteroatoms. The van der Waals surface area contributed by atoms with Crippen molar-refractivity contribution in [3.63, 3.8) is 0 Å². The van der Waals surface area contributed by atoms with Gasteiger partial charge in [-0.3, -0.25) is 9.59 Å². The summed E-state index contributed by atoms with van der Waals surface area (Å²) in [6, 6.07) is 22.2. The maximum Gasteiger partial charge on any atom is 0.251 e. The summed E-state index contributed by atoms with van der Waals surface area (Å²) in [5.74, 6) is -0.911. The molecule has 2 amide bonds. The molecule has 1 fully saturated rings. The lowest BCUT2D eigenvalue weighted by Gasteiger charge is -2.41. The van der Waals surface area contributed by atoms with Gasteiger partial charge in [0.1, 0.15) is 24.4 Å². The van der Waals surface area contributed by atoms with Crippen LogP contribution in [0.25, 0.3) is 11.1 Å². The van der Waals surface area contributed by atoms with Gasteiger partial charge in [-0.25, -0.2) is 0 Å². The summed E-state index contributed by atoms with van der Waals surface area (Å²) in [4.78, 5) is 25.2. The molecule has 0 aliphatic carbocycles. The van der Waals surface area contributed by atoms with Crippen molar-refractivity contribution in [2.75, 3.05) is 6.54 Å². The molecular formula is C27H28N2O6. The van der Waals surface area contributed by atoms with Crippen molar-refractivity contribution < 1.29 is 29.6 Å². The van der Waals surface area contributed by atoms with Gasteiger partial charge in [0.25, 0.3) is 11.8 Å². The van der Waals surface area contributed by atoms with Crippen molar-refractivity contribution in [3.05, 3.63) is 95.6 Å². The van der Waals surface area contributed by atoms with Crippen LogP contribution in [0.15, 0.2) is 78.9 Å². The molecule has 4 rings (SSSR count). The van der Waals surface area contributed by atoms with E-state index in [9.17, 15) is 24.9 Å². The van der Waals surface area contributed by atoms with E-state index >= 15 is 0 Å². The second-order valence-electron chi connectivity index (χ2n) is 8.57. The van der Waals surface area contributed by atoms with Gasteiger partial charge in [-0.1, -0.05) is 60.2 Å². The molecule has 3 aromatic rings. The first-order chi connectivity index (χ1) is 16.8. The summed E-state index contributed by atoms with van der Waals surface area (Å²) < 4.78 is 5.43. The third-order valence-corrected chi connectivity index (χ3v) is 6.03. The normalized spacial score (nSPS) is 23.9. The number of benzene rings is 3. The third kappa shape index (κ3) is 5.75. The summed E-state index contributed by atoms with van der Waals surface area (Å²) in [5.41, 5.74) is 3.55. The lowest BCUT2D eigenvalue weighted by atomic mass is 9.96. The molecule has 5 N–H and O–H groups in total. The van der Waals surface area contributed by atoms with Crippen molar-refractivity contribution in [3.8, 4) is 11.1 Å². The Balaban J connectivity index is 1.37. The minimum atomic E-state index is -1.59. The third-order valence-electron chi connectivity index (χ3n) is 6.03. The molecular weight excluding hydrogens is 448 g/mol. The smallest absolute Gasteiger partial charge is 0.251 e. The van der Waals surface area contributed by atoms with Crippen LogP contribution < -0.4 is 10.6 Å². The highest BCUT2D eigenvalue weighted by Crippen LogP contribution is 2.22. The summed E-state index contributed by atoms with van der Waals surface area (Å²) in [5, 5.41) is 36.8. The Morgan fingerprint density at radius 2 is 1.49 bits per heavy atom. The fourth-order valence-corrected chi connectivity index (χ4v) is 3.98. The van der Waals surface area contributed by atoms with Crippen LogP contribution >= 0.6 is 0 Å². The molecule has 0 spiro atoms. The van der Waals surface area contributed by atoms with Gasteiger partial charge in [0.05, 0.1) is 0 Å². The van der Waals surface area contributed by atoms with Crippen LogP contribution in [0.1, 0.15) is 26.3 Å². The van der Waals surface area contributed by atoms with E-state index in [-0.39, 0.29) is 12.5 Å². The number of carbonyl (C=O) groups excluding carboxylic acids is 2. The average Bonchev–Trinajstić information content (AvgIpc) is 2.88. The van der Waals surface area contributed by atoms with Gasteiger partial charge >= 0.3 is 0 Å². The van der Waals surface area contributed by atoms with E-state index in [0.717, 1.165) is 16.7 Å². The van der Waals surface area contributed by atoms with Gasteiger partial charge in [0.2, 0.25) is 0 Å². The zero-order valence-electron chi connectivity index (χ0n) is 19.2. The minimum Gasteiger partial charge on any atom is -0.388 e. The van der Waals surface area contributed by atoms with Gasteiger partial charge in [0.15, 0.2) is 6.29 Å². The van der Waals surface area contributed by atoms with Gasteiger partial charge in [-0.15, -0.1) is 0 Å². The lowest BCUT2D eigenvalue weighted by molar-refractivity contribution is -0.243. The number of aliphatic hydroxyl groups excluding tert-OH is 3. The maximum atomic E-state index is 12.8. The number of hydrogen-bond donors (Lipinski definition) is 5. The molecule has 8 nitrogen and oxygen atoms in total. The van der Waals surface area contributed by atoms with Gasteiger partial charge in [0, 0.05) is 17.7 Å². The Labute approximate surface area is 203 Å². The number of carbonyl (C=O) groups is 2. The Hall–Kier alpha value is -3.56. The van der Waals surface area contributed by atoms with Crippen LogP contribution in [-0.4, -0.2) is 64.3 Å². The summed E-state index contributed by atoms with van der Waals surface area (Å²) in [7, 11) is 0. The molecule has 0 radical (unpaired) electrons. The second-order valence-corrected chi connectivity index (χ2v) is 8.57. The number of amides is 2. The van der Waals surface area contributed by atoms with Crippen molar-refractivity contribution in [1.82, 2.24) is 10.6 Å². The zero-order valence-corrected chi connectivity index (χ0v) is 19.2. The first-order valence-electron chi connectivity index (χ1n) is 11.3. The highest BCUT2D eigenvalue weighted by molar-refractivity contribution is 5.96. The van der Waals surface area contributed by atoms with Gasteiger partial charge in [-0.05, 0) is 42.3 Å². The molecule has 2 unspecified atom stereocenters. The van der Waals surface area contributed by atoms with Crippen LogP contribution in [0.5, 0.6) is 0 Å². The SMILES string of the molecule is Cc1ccc(C(=O)NC[C@H]2OC(O)[C@H](NC(=O)c3cccc(-c4ccccc4)c3)C(O)[C@@H]2O)cc1. The van der Waals surface area contributed by atoms with Gasteiger partial charge < -0.3 is 30.7 Å². The van der Waals surface area contributed by atoms with E-state index < -0.39 is 36.6 Å². The zero-order chi connectivity index (χ0) is 24.9. The number of rotatable bonds is 6. The van der Waals surface area contributed by atoms with Crippen LogP contribution in [0.3, 0.4) is 0 Å². The van der Waals surface area contributed by atoms with E-state index in [2.05, 4.69) is 10.6 Å². The summed E-state index contributed by atoms with van der Waals surface area (Å²) in [6.07, 6.45) is -5.61. The molecule has 1 aliphatic rings. The molecule has 0 saturated carbocycles. The molecule has 1 aliphatic heterocycles. The molecule has 0 bridgehead atoms. The topological polar surface area (TPSA) is 128 Å². The summed E-state index contributed by atoms with van der Waals surface area (Å²) >= 11 is 0. The predicted molar refractivity (Wildman–Crippen MR) is 130 cm³/mol. The highest BCUT2D eigenvalue weighted by Gasteiger charge is 2.44. The Bertz CT molecular complexity index is 1170. The predicted octanol–water partition coefficient (Wildman–Crippen LogP) is 1.63. The molecule has 1 heterocycles. The Morgan fingerprint density at radius 1 is 0.800 bits per heavy atom. The lowest BCUT2D eigenvalue weighted by Crippen LogP contribution is -2.65. The average molecular weight is 477 g/mol. The largest absolute Gasteiger partial charge is 0.388 e. The number of hydrogen-bond acceptors (Lipinski definition) is 6. The Kier molecular flexibility index (Phi) is 7.57. The van der Waals surface area contributed by atoms with E-state index in [1.165, 1.54) is 0 Å². The van der Waals surface area contributed by atoms with Crippen molar-refractivity contribution in [1.29, 1.82) is 0 Å². The standard InChI is InChI=1S/C27H28N2O6/c1-16-10-12-18(13-11-16)25(32)28-15-21-23(30)24(31)22(27(34)35-21)29-26(33)20-9-5-8-19(14-20)17-6-3-2-4-7-17/h2-14,21-24,27,30-31,34H,15H2,1H3,(H,28,32)(H,29,33)/t21-,22-,23-,24?,27?/m1/s1. The Morgan fingerprint density at radius 3 is 2.20 bits per heavy atom. The summed E-state index contributed by atoms with van der Waals surface area (Å²) in [6.45, 7) is 1.77. The van der Waals surface area contributed by atoms with Gasteiger partial charge in [-0.2, -0.15) is 0 Å². The first-order valence-corrected chi connectivity index (χ1v) is 11.3. The van der Waals surface area contributed by atoms with E-state index in [4.69, 9.17) is 4.74 Å². The molecule has 3 aromatic carbocycles. The van der Waals surface area contributed by atoms with Crippen LogP contribution in [-0.2, 0) is 4.74 Å². The minimum absolute atomic E-state index is 0.137. The number of aryl methyl sites for hydroxylation is 1.